The van der Waals surface area contributed by atoms with Crippen molar-refractivity contribution in [3.63, 3.8) is 0 Å². The van der Waals surface area contributed by atoms with Crippen molar-refractivity contribution in [1.82, 2.24) is 14.6 Å². The Bertz CT molecular complexity index is 1040. The highest BCUT2D eigenvalue weighted by Crippen LogP contribution is 2.37. The zero-order chi connectivity index (χ0) is 22.6. The zero-order valence-corrected chi connectivity index (χ0v) is 18.8. The largest absolute Gasteiger partial charge is 0.476 e. The van der Waals surface area contributed by atoms with Crippen molar-refractivity contribution in [3.05, 3.63) is 52.9 Å². The third kappa shape index (κ3) is 6.60. The van der Waals surface area contributed by atoms with Crippen LogP contribution in [0.2, 0.25) is 5.02 Å². The number of rotatable bonds is 10. The van der Waals surface area contributed by atoms with Gasteiger partial charge >= 0.3 is 0 Å². The summed E-state index contributed by atoms with van der Waals surface area (Å²) in [6.07, 6.45) is 2.14. The number of ether oxygens (including phenoxy) is 1. The van der Waals surface area contributed by atoms with Gasteiger partial charge < -0.3 is 15.0 Å². The van der Waals surface area contributed by atoms with E-state index in [0.717, 1.165) is 12.6 Å². The maximum Gasteiger partial charge on any atom is 0.245 e. The number of carbonyl (C=O) groups excluding carboxylic acids is 1. The van der Waals surface area contributed by atoms with Gasteiger partial charge in [0.25, 0.3) is 0 Å². The fourth-order valence-corrected chi connectivity index (χ4v) is 4.57. The number of hydrogen-bond donors (Lipinski definition) is 2. The fourth-order valence-electron chi connectivity index (χ4n) is 2.80. The van der Waals surface area contributed by atoms with E-state index in [1.165, 1.54) is 18.3 Å². The van der Waals surface area contributed by atoms with Crippen molar-refractivity contribution >= 4 is 33.2 Å². The molecular weight excluding hydrogens is 447 g/mol. The second-order valence-corrected chi connectivity index (χ2v) is 9.83. The van der Waals surface area contributed by atoms with E-state index >= 15 is 0 Å². The molecule has 0 radical (unpaired) electrons. The molecule has 2 N–H and O–H groups in total. The lowest BCUT2D eigenvalue weighted by Crippen LogP contribution is -2.46. The van der Waals surface area contributed by atoms with Crippen LogP contribution in [-0.4, -0.2) is 57.0 Å². The second-order valence-electron chi connectivity index (χ2n) is 7.67. The average Bonchev–Trinajstić information content (AvgIpc) is 3.45. The summed E-state index contributed by atoms with van der Waals surface area (Å²) in [5.74, 6) is -1.38. The smallest absolute Gasteiger partial charge is 0.245 e. The third-order valence-electron chi connectivity index (χ3n) is 4.68. The van der Waals surface area contributed by atoms with E-state index in [1.807, 2.05) is 19.0 Å². The number of amides is 1. The lowest BCUT2D eigenvalue weighted by molar-refractivity contribution is -0.118. The van der Waals surface area contributed by atoms with Crippen LogP contribution in [0.1, 0.15) is 18.4 Å². The van der Waals surface area contributed by atoms with Gasteiger partial charge in [0.15, 0.2) is 0 Å². The molecule has 168 valence electrons. The molecule has 0 aliphatic heterocycles. The molecule has 1 aliphatic rings. The van der Waals surface area contributed by atoms with Crippen LogP contribution in [0, 0.1) is 5.82 Å². The standard InChI is InChI=1S/C20H24ClFN4O4S/c1-26(2)9-10-30-18-6-5-16(12-23-18)24-19(27)20(7-8-20)25-31(28,29)13-14-3-4-15(21)11-17(14)22/h3-6,11-12,25H,7-10,13H2,1-2H3,(H,24,27). The van der Waals surface area contributed by atoms with E-state index in [0.29, 0.717) is 31.0 Å². The van der Waals surface area contributed by atoms with E-state index in [4.69, 9.17) is 16.3 Å². The average molecular weight is 471 g/mol. The van der Waals surface area contributed by atoms with Gasteiger partial charge in [0.05, 0.1) is 17.6 Å². The lowest BCUT2D eigenvalue weighted by atomic mass is 10.2. The summed E-state index contributed by atoms with van der Waals surface area (Å²) in [7, 11) is -0.0923. The molecule has 0 bridgehead atoms. The van der Waals surface area contributed by atoms with Crippen molar-refractivity contribution in [2.24, 2.45) is 0 Å². The lowest BCUT2D eigenvalue weighted by Gasteiger charge is -2.17. The fraction of sp³-hybridized carbons (Fsp3) is 0.400. The Balaban J connectivity index is 1.58. The number of anilines is 1. The molecule has 0 spiro atoms. The molecule has 0 atom stereocenters. The Kier molecular flexibility index (Phi) is 7.15. The van der Waals surface area contributed by atoms with Gasteiger partial charge in [0.1, 0.15) is 18.0 Å². The summed E-state index contributed by atoms with van der Waals surface area (Å²) in [5.41, 5.74) is -0.857. The number of carbonyl (C=O) groups is 1. The number of sulfonamides is 1. The Morgan fingerprint density at radius 1 is 1.29 bits per heavy atom. The van der Waals surface area contributed by atoms with Crippen LogP contribution in [0.25, 0.3) is 0 Å². The molecule has 1 aromatic carbocycles. The van der Waals surface area contributed by atoms with Gasteiger partial charge in [-0.2, -0.15) is 4.72 Å². The number of pyridine rings is 1. The maximum atomic E-state index is 13.9. The van der Waals surface area contributed by atoms with Crippen LogP contribution in [0.5, 0.6) is 5.88 Å². The predicted molar refractivity (Wildman–Crippen MR) is 116 cm³/mol. The topological polar surface area (TPSA) is 101 Å². The van der Waals surface area contributed by atoms with Gasteiger partial charge in [-0.3, -0.25) is 4.79 Å². The summed E-state index contributed by atoms with van der Waals surface area (Å²) in [6, 6.07) is 7.02. The molecule has 1 heterocycles. The molecule has 2 aromatic rings. The summed E-state index contributed by atoms with van der Waals surface area (Å²) in [4.78, 5) is 18.8. The van der Waals surface area contributed by atoms with Crippen molar-refractivity contribution < 1.29 is 22.3 Å². The molecule has 8 nitrogen and oxygen atoms in total. The van der Waals surface area contributed by atoms with Crippen molar-refractivity contribution in [2.45, 2.75) is 24.1 Å². The molecule has 1 fully saturated rings. The van der Waals surface area contributed by atoms with Gasteiger partial charge in [0, 0.05) is 23.2 Å². The minimum atomic E-state index is -3.96. The zero-order valence-electron chi connectivity index (χ0n) is 17.2. The molecule has 0 saturated heterocycles. The highest BCUT2D eigenvalue weighted by molar-refractivity contribution is 7.88. The highest BCUT2D eigenvalue weighted by atomic mass is 35.5. The van der Waals surface area contributed by atoms with E-state index < -0.39 is 33.0 Å². The molecule has 1 amide bonds. The molecule has 11 heteroatoms. The van der Waals surface area contributed by atoms with E-state index in [-0.39, 0.29) is 10.6 Å². The molecule has 1 aliphatic carbocycles. The summed E-state index contributed by atoms with van der Waals surface area (Å²) in [5, 5.41) is 2.84. The van der Waals surface area contributed by atoms with Gasteiger partial charge in [-0.1, -0.05) is 17.7 Å². The molecule has 1 aromatic heterocycles. The van der Waals surface area contributed by atoms with E-state index in [9.17, 15) is 17.6 Å². The minimum absolute atomic E-state index is 0.0258. The van der Waals surface area contributed by atoms with Crippen LogP contribution in [0.3, 0.4) is 0 Å². The Labute approximate surface area is 185 Å². The Morgan fingerprint density at radius 3 is 2.61 bits per heavy atom. The number of hydrogen-bond acceptors (Lipinski definition) is 6. The maximum absolute atomic E-state index is 13.9. The second kappa shape index (κ2) is 9.47. The summed E-state index contributed by atoms with van der Waals surface area (Å²) in [6.45, 7) is 1.22. The number of nitrogens with zero attached hydrogens (tertiary/aromatic N) is 2. The van der Waals surface area contributed by atoms with Gasteiger partial charge in [0.2, 0.25) is 21.8 Å². The number of halogens is 2. The van der Waals surface area contributed by atoms with Gasteiger partial charge in [-0.05, 0) is 45.1 Å². The molecular formula is C20H24ClFN4O4S. The third-order valence-corrected chi connectivity index (χ3v) is 6.31. The quantitative estimate of drug-likeness (QED) is 0.553. The van der Waals surface area contributed by atoms with Crippen LogP contribution >= 0.6 is 11.6 Å². The number of likely N-dealkylation sites (N-methyl/N-ethyl adjacent to an activating group) is 1. The Hall–Kier alpha value is -2.27. The SMILES string of the molecule is CN(C)CCOc1ccc(NC(=O)C2(NS(=O)(=O)Cc3ccc(Cl)cc3F)CC2)cn1. The van der Waals surface area contributed by atoms with Gasteiger partial charge in [-0.15, -0.1) is 0 Å². The summed E-state index contributed by atoms with van der Waals surface area (Å²) < 4.78 is 46.9. The van der Waals surface area contributed by atoms with E-state index in [2.05, 4.69) is 15.0 Å². The number of aromatic nitrogens is 1. The normalized spacial score (nSPS) is 15.0. The predicted octanol–water partition coefficient (Wildman–Crippen LogP) is 2.41. The van der Waals surface area contributed by atoms with Crippen molar-refractivity contribution in [1.29, 1.82) is 0 Å². The monoisotopic (exact) mass is 470 g/mol. The highest BCUT2D eigenvalue weighted by Gasteiger charge is 2.52. The molecule has 31 heavy (non-hydrogen) atoms. The van der Waals surface area contributed by atoms with Crippen LogP contribution < -0.4 is 14.8 Å². The Morgan fingerprint density at radius 2 is 2.03 bits per heavy atom. The van der Waals surface area contributed by atoms with Crippen molar-refractivity contribution in [2.75, 3.05) is 32.6 Å². The van der Waals surface area contributed by atoms with Crippen molar-refractivity contribution in [3.8, 4) is 5.88 Å². The first-order chi connectivity index (χ1) is 14.6. The van der Waals surface area contributed by atoms with E-state index in [1.54, 1.807) is 12.1 Å². The number of benzene rings is 1. The molecule has 1 saturated carbocycles. The van der Waals surface area contributed by atoms with Crippen LogP contribution in [0.15, 0.2) is 36.5 Å². The number of nitrogens with one attached hydrogen (secondary N) is 2. The van der Waals surface area contributed by atoms with Crippen LogP contribution in [-0.2, 0) is 20.6 Å². The molecule has 3 rings (SSSR count). The minimum Gasteiger partial charge on any atom is -0.476 e. The van der Waals surface area contributed by atoms with Gasteiger partial charge in [-0.25, -0.2) is 17.8 Å². The van der Waals surface area contributed by atoms with Crippen LogP contribution in [0.4, 0.5) is 10.1 Å². The first-order valence-corrected chi connectivity index (χ1v) is 11.6. The summed E-state index contributed by atoms with van der Waals surface area (Å²) >= 11 is 5.70. The first kappa shape index (κ1) is 23.4. The first-order valence-electron chi connectivity index (χ1n) is 9.59. The molecule has 0 unspecified atom stereocenters.